The van der Waals surface area contributed by atoms with E-state index in [2.05, 4.69) is 30.8 Å². The second-order valence-electron chi connectivity index (χ2n) is 9.94. The molecular formula is C29H29FN8O3. The molecule has 0 bridgehead atoms. The van der Waals surface area contributed by atoms with E-state index >= 15 is 4.39 Å². The van der Waals surface area contributed by atoms with Crippen molar-refractivity contribution in [1.29, 1.82) is 0 Å². The fourth-order valence-corrected chi connectivity index (χ4v) is 5.01. The van der Waals surface area contributed by atoms with E-state index < -0.39 is 12.0 Å². The minimum absolute atomic E-state index is 0.0607. The number of ether oxygens (including phenoxy) is 1. The zero-order valence-corrected chi connectivity index (χ0v) is 22.2. The minimum Gasteiger partial charge on any atom is -0.390 e. The third-order valence-corrected chi connectivity index (χ3v) is 7.12. The summed E-state index contributed by atoms with van der Waals surface area (Å²) in [7, 11) is 0. The van der Waals surface area contributed by atoms with Crippen LogP contribution in [0, 0.1) is 5.82 Å². The molecule has 2 aliphatic rings. The Labute approximate surface area is 236 Å². The lowest BCUT2D eigenvalue weighted by molar-refractivity contribution is -0.117. The van der Waals surface area contributed by atoms with E-state index in [9.17, 15) is 4.79 Å². The van der Waals surface area contributed by atoms with Gasteiger partial charge in [0.05, 0.1) is 24.5 Å². The Morgan fingerprint density at radius 2 is 2.00 bits per heavy atom. The molecule has 0 spiro atoms. The average Bonchev–Trinajstić information content (AvgIpc) is 3.78. The van der Waals surface area contributed by atoms with E-state index in [4.69, 9.17) is 9.57 Å². The lowest BCUT2D eigenvalue weighted by Crippen LogP contribution is -2.31. The molecule has 6 rings (SSSR count). The molecule has 3 atom stereocenters. The van der Waals surface area contributed by atoms with Gasteiger partial charge >= 0.3 is 0 Å². The summed E-state index contributed by atoms with van der Waals surface area (Å²) in [5.74, 6) is -0.416. The Kier molecular flexibility index (Phi) is 8.01. The molecule has 2 unspecified atom stereocenters. The van der Waals surface area contributed by atoms with Gasteiger partial charge in [0.2, 0.25) is 0 Å². The summed E-state index contributed by atoms with van der Waals surface area (Å²) in [5.41, 5.74) is 4.31. The zero-order chi connectivity index (χ0) is 28.0. The van der Waals surface area contributed by atoms with Crippen LogP contribution in [-0.4, -0.2) is 75.0 Å². The Hall–Kier alpha value is -4.55. The molecule has 210 valence electrons. The molecule has 0 radical (unpaired) electrons. The van der Waals surface area contributed by atoms with Gasteiger partial charge < -0.3 is 19.8 Å². The maximum atomic E-state index is 15.3. The van der Waals surface area contributed by atoms with E-state index in [1.54, 1.807) is 52.7 Å². The van der Waals surface area contributed by atoms with Gasteiger partial charge in [-0.25, -0.2) is 9.07 Å². The molecule has 1 fully saturated rings. The fraction of sp³-hybridized carbons (Fsp3) is 0.310. The molecule has 0 amide bonds. The van der Waals surface area contributed by atoms with Crippen molar-refractivity contribution in [2.45, 2.75) is 37.8 Å². The van der Waals surface area contributed by atoms with Crippen LogP contribution in [0.2, 0.25) is 0 Å². The van der Waals surface area contributed by atoms with Gasteiger partial charge in [0.15, 0.2) is 12.5 Å². The van der Waals surface area contributed by atoms with Crippen LogP contribution in [0.15, 0.2) is 78.6 Å². The molecule has 12 heteroatoms. The maximum absolute atomic E-state index is 15.3. The highest BCUT2D eigenvalue weighted by atomic mass is 19.1. The molecule has 0 saturated carbocycles. The molecular weight excluding hydrogens is 527 g/mol. The summed E-state index contributed by atoms with van der Waals surface area (Å²) >= 11 is 0. The minimum atomic E-state index is -0.801. The molecule has 1 N–H and O–H groups in total. The Morgan fingerprint density at radius 3 is 2.76 bits per heavy atom. The van der Waals surface area contributed by atoms with Gasteiger partial charge in [-0.1, -0.05) is 16.4 Å². The molecule has 1 aromatic carbocycles. The highest BCUT2D eigenvalue weighted by molar-refractivity contribution is 5.99. The van der Waals surface area contributed by atoms with Gasteiger partial charge in [0.25, 0.3) is 0 Å². The summed E-state index contributed by atoms with van der Waals surface area (Å²) in [5, 5.41) is 15.4. The van der Waals surface area contributed by atoms with Gasteiger partial charge in [-0.2, -0.15) is 0 Å². The van der Waals surface area contributed by atoms with Crippen LogP contribution in [0.1, 0.15) is 17.7 Å². The van der Waals surface area contributed by atoms with E-state index in [1.807, 2.05) is 24.3 Å². The topological polar surface area (TPSA) is 120 Å². The van der Waals surface area contributed by atoms with Crippen molar-refractivity contribution in [2.24, 2.45) is 5.16 Å². The SMILES string of the molecule is O=CC1O[C@@H](Cn2ccnn2)CN1c1ccc(-c2ccc(C3=NOC(CNCCc4ccncc4)C3)nc2)c(F)c1. The summed E-state index contributed by atoms with van der Waals surface area (Å²) in [6.45, 7) is 2.38. The second-order valence-corrected chi connectivity index (χ2v) is 9.94. The molecule has 4 aromatic rings. The summed E-state index contributed by atoms with van der Waals surface area (Å²) in [4.78, 5) is 27.6. The van der Waals surface area contributed by atoms with Crippen molar-refractivity contribution in [3.8, 4) is 11.1 Å². The van der Waals surface area contributed by atoms with Crippen molar-refractivity contribution in [1.82, 2.24) is 30.3 Å². The third-order valence-electron chi connectivity index (χ3n) is 7.12. The summed E-state index contributed by atoms with van der Waals surface area (Å²) < 4.78 is 22.7. The first-order valence-electron chi connectivity index (χ1n) is 13.5. The molecule has 2 aliphatic heterocycles. The van der Waals surface area contributed by atoms with E-state index in [0.29, 0.717) is 54.8 Å². The summed E-state index contributed by atoms with van der Waals surface area (Å²) in [6.07, 6.45) is 9.66. The quantitative estimate of drug-likeness (QED) is 0.220. The van der Waals surface area contributed by atoms with Gasteiger partial charge in [-0.3, -0.25) is 14.8 Å². The number of hydrogen-bond donors (Lipinski definition) is 1. The second kappa shape index (κ2) is 12.3. The van der Waals surface area contributed by atoms with Crippen molar-refractivity contribution >= 4 is 17.7 Å². The van der Waals surface area contributed by atoms with E-state index in [1.165, 1.54) is 11.6 Å². The molecule has 0 aliphatic carbocycles. The van der Waals surface area contributed by atoms with Crippen molar-refractivity contribution in [3.63, 3.8) is 0 Å². The Bertz CT molecular complexity index is 1480. The Morgan fingerprint density at radius 1 is 1.10 bits per heavy atom. The van der Waals surface area contributed by atoms with Gasteiger partial charge in [0, 0.05) is 61.1 Å². The monoisotopic (exact) mass is 556 g/mol. The zero-order valence-electron chi connectivity index (χ0n) is 22.2. The number of nitrogens with one attached hydrogen (secondary N) is 1. The third kappa shape index (κ3) is 6.28. The summed E-state index contributed by atoms with van der Waals surface area (Å²) in [6, 6.07) is 12.6. The highest BCUT2D eigenvalue weighted by Crippen LogP contribution is 2.30. The molecule has 5 heterocycles. The smallest absolute Gasteiger partial charge is 0.187 e. The fourth-order valence-electron chi connectivity index (χ4n) is 5.01. The van der Waals surface area contributed by atoms with Gasteiger partial charge in [0.1, 0.15) is 17.6 Å². The normalized spacial score (nSPS) is 20.2. The van der Waals surface area contributed by atoms with Gasteiger partial charge in [-0.05, 0) is 54.9 Å². The lowest BCUT2D eigenvalue weighted by Gasteiger charge is -2.21. The lowest BCUT2D eigenvalue weighted by atomic mass is 10.0. The van der Waals surface area contributed by atoms with Crippen LogP contribution in [0.25, 0.3) is 11.1 Å². The van der Waals surface area contributed by atoms with E-state index in [0.717, 1.165) is 18.7 Å². The number of benzene rings is 1. The highest BCUT2D eigenvalue weighted by Gasteiger charge is 2.33. The number of hydrogen-bond acceptors (Lipinski definition) is 10. The van der Waals surface area contributed by atoms with Gasteiger partial charge in [-0.15, -0.1) is 5.10 Å². The van der Waals surface area contributed by atoms with Crippen molar-refractivity contribution < 1.29 is 18.8 Å². The predicted octanol–water partition coefficient (Wildman–Crippen LogP) is 2.63. The molecule has 3 aromatic heterocycles. The number of aromatic nitrogens is 5. The van der Waals surface area contributed by atoms with Crippen LogP contribution in [0.3, 0.4) is 0 Å². The first-order chi connectivity index (χ1) is 20.2. The predicted molar refractivity (Wildman–Crippen MR) is 149 cm³/mol. The number of halogens is 1. The number of pyridine rings is 2. The first kappa shape index (κ1) is 26.7. The van der Waals surface area contributed by atoms with Crippen molar-refractivity contribution in [3.05, 3.63) is 90.5 Å². The van der Waals surface area contributed by atoms with Crippen LogP contribution >= 0.6 is 0 Å². The molecule has 1 saturated heterocycles. The number of aldehydes is 1. The maximum Gasteiger partial charge on any atom is 0.187 e. The number of carbonyl (C=O) groups is 1. The van der Waals surface area contributed by atoms with Crippen LogP contribution in [-0.2, 0) is 27.3 Å². The van der Waals surface area contributed by atoms with Crippen LogP contribution in [0.5, 0.6) is 0 Å². The number of carbonyl (C=O) groups excluding carboxylic acids is 1. The standard InChI is InChI=1S/C29H29FN8O3/c30-26-13-22(38-18-24(40-29(38)19-39)17-37-12-11-34-36-37)2-3-25(26)21-1-4-27(33-15-21)28-14-23(41-35-28)16-32-10-7-20-5-8-31-9-6-20/h1-6,8-9,11-13,15,19,23-24,29,32H,7,10,14,16-18H2/t23?,24-,29?/m0/s1. The van der Waals surface area contributed by atoms with Crippen LogP contribution in [0.4, 0.5) is 10.1 Å². The van der Waals surface area contributed by atoms with E-state index in [-0.39, 0.29) is 12.2 Å². The number of anilines is 1. The first-order valence-corrected chi connectivity index (χ1v) is 13.5. The molecule has 11 nitrogen and oxygen atoms in total. The number of oxime groups is 1. The molecule has 41 heavy (non-hydrogen) atoms. The van der Waals surface area contributed by atoms with Crippen molar-refractivity contribution in [2.75, 3.05) is 24.5 Å². The Balaban J connectivity index is 1.04. The average molecular weight is 557 g/mol. The van der Waals surface area contributed by atoms with Crippen LogP contribution < -0.4 is 10.2 Å². The number of rotatable bonds is 11. The number of nitrogens with zero attached hydrogens (tertiary/aromatic N) is 7. The largest absolute Gasteiger partial charge is 0.390 e.